The van der Waals surface area contributed by atoms with Gasteiger partial charge in [0, 0.05) is 29.4 Å². The summed E-state index contributed by atoms with van der Waals surface area (Å²) in [6, 6.07) is 26.3. The summed E-state index contributed by atoms with van der Waals surface area (Å²) in [5.74, 6) is 0.807. The largest absolute Gasteiger partial charge is 0.497 e. The SMILES string of the molecule is C=CCNc1nnc(-c2ccccc2-c2cn(-c3ccccc3)nc2-c2ccc(OC)cc2)s1. The van der Waals surface area contributed by atoms with E-state index in [-0.39, 0.29) is 0 Å². The molecule has 0 atom stereocenters. The molecule has 2 heterocycles. The second-order valence-corrected chi connectivity index (χ2v) is 8.51. The maximum atomic E-state index is 5.35. The fraction of sp³-hybridized carbons (Fsp3) is 0.0741. The van der Waals surface area contributed by atoms with Crippen LogP contribution in [0, 0.1) is 0 Å². The Morgan fingerprint density at radius 3 is 2.38 bits per heavy atom. The van der Waals surface area contributed by atoms with Crippen molar-refractivity contribution in [2.75, 3.05) is 19.0 Å². The second-order valence-electron chi connectivity index (χ2n) is 7.53. The predicted octanol–water partition coefficient (Wildman–Crippen LogP) is 6.33. The summed E-state index contributed by atoms with van der Waals surface area (Å²) in [6.45, 7) is 4.39. The normalized spacial score (nSPS) is 10.7. The van der Waals surface area contributed by atoms with Crippen LogP contribution in [0.3, 0.4) is 0 Å². The number of aromatic nitrogens is 4. The lowest BCUT2D eigenvalue weighted by Gasteiger charge is -2.08. The van der Waals surface area contributed by atoms with Crippen molar-refractivity contribution in [1.29, 1.82) is 0 Å². The van der Waals surface area contributed by atoms with E-state index in [4.69, 9.17) is 9.84 Å². The van der Waals surface area contributed by atoms with Crippen molar-refractivity contribution in [2.45, 2.75) is 0 Å². The minimum Gasteiger partial charge on any atom is -0.497 e. The predicted molar refractivity (Wildman–Crippen MR) is 139 cm³/mol. The molecule has 0 spiro atoms. The number of para-hydroxylation sites is 1. The highest BCUT2D eigenvalue weighted by Crippen LogP contribution is 2.39. The fourth-order valence-electron chi connectivity index (χ4n) is 3.71. The van der Waals surface area contributed by atoms with Gasteiger partial charge in [-0.25, -0.2) is 4.68 Å². The third-order valence-corrected chi connectivity index (χ3v) is 6.28. The summed E-state index contributed by atoms with van der Waals surface area (Å²) in [6.07, 6.45) is 3.87. The molecule has 5 aromatic rings. The number of hydrogen-bond acceptors (Lipinski definition) is 6. The van der Waals surface area contributed by atoms with Gasteiger partial charge in [0.15, 0.2) is 0 Å². The van der Waals surface area contributed by atoms with Crippen molar-refractivity contribution >= 4 is 16.5 Å². The van der Waals surface area contributed by atoms with Crippen LogP contribution in [0.5, 0.6) is 5.75 Å². The molecule has 1 N–H and O–H groups in total. The van der Waals surface area contributed by atoms with Crippen LogP contribution >= 0.6 is 11.3 Å². The highest BCUT2D eigenvalue weighted by atomic mass is 32.1. The molecule has 0 saturated carbocycles. The Morgan fingerprint density at radius 2 is 1.65 bits per heavy atom. The molecule has 0 aliphatic rings. The van der Waals surface area contributed by atoms with E-state index >= 15 is 0 Å². The molecule has 0 saturated heterocycles. The number of nitrogens with one attached hydrogen (secondary N) is 1. The molecule has 0 aliphatic heterocycles. The van der Waals surface area contributed by atoms with E-state index in [9.17, 15) is 0 Å². The van der Waals surface area contributed by atoms with Crippen LogP contribution in [-0.4, -0.2) is 33.6 Å². The van der Waals surface area contributed by atoms with Gasteiger partial charge < -0.3 is 10.1 Å². The number of rotatable bonds is 8. The molecule has 0 bridgehead atoms. The lowest BCUT2D eigenvalue weighted by Crippen LogP contribution is -1.96. The van der Waals surface area contributed by atoms with E-state index in [1.165, 1.54) is 11.3 Å². The molecular formula is C27H23N5OS. The molecule has 168 valence electrons. The number of nitrogens with zero attached hydrogens (tertiary/aromatic N) is 4. The molecule has 0 aliphatic carbocycles. The van der Waals surface area contributed by atoms with Gasteiger partial charge in [0.2, 0.25) is 5.13 Å². The van der Waals surface area contributed by atoms with E-state index < -0.39 is 0 Å². The maximum absolute atomic E-state index is 5.35. The second kappa shape index (κ2) is 9.72. The Kier molecular flexibility index (Phi) is 6.18. The highest BCUT2D eigenvalue weighted by molar-refractivity contribution is 7.18. The van der Waals surface area contributed by atoms with Crippen LogP contribution in [0.4, 0.5) is 5.13 Å². The molecule has 34 heavy (non-hydrogen) atoms. The summed E-state index contributed by atoms with van der Waals surface area (Å²) in [5.41, 5.74) is 5.95. The van der Waals surface area contributed by atoms with Crippen LogP contribution in [0.15, 0.2) is 97.7 Å². The average Bonchev–Trinajstić information content (AvgIpc) is 3.56. The van der Waals surface area contributed by atoms with E-state index in [1.807, 2.05) is 71.4 Å². The third-order valence-electron chi connectivity index (χ3n) is 5.37. The Morgan fingerprint density at radius 1 is 0.912 bits per heavy atom. The minimum absolute atomic E-state index is 0.641. The van der Waals surface area contributed by atoms with E-state index in [1.54, 1.807) is 13.2 Å². The highest BCUT2D eigenvalue weighted by Gasteiger charge is 2.19. The van der Waals surface area contributed by atoms with Gasteiger partial charge in [-0.1, -0.05) is 59.9 Å². The van der Waals surface area contributed by atoms with Gasteiger partial charge in [0.25, 0.3) is 0 Å². The van der Waals surface area contributed by atoms with Gasteiger partial charge in [-0.05, 0) is 42.0 Å². The Bertz CT molecular complexity index is 1410. The van der Waals surface area contributed by atoms with Crippen molar-refractivity contribution in [3.05, 3.63) is 97.7 Å². The standard InChI is InChI=1S/C27H23N5OS/c1-3-17-28-27-30-29-26(34-27)23-12-8-7-11-22(23)24-18-32(20-9-5-4-6-10-20)31-25(24)19-13-15-21(33-2)16-14-19/h3-16,18H,1,17H2,2H3,(H,28,30). The summed E-state index contributed by atoms with van der Waals surface area (Å²) in [4.78, 5) is 0. The van der Waals surface area contributed by atoms with E-state index in [0.29, 0.717) is 6.54 Å². The number of methoxy groups -OCH3 is 1. The van der Waals surface area contributed by atoms with Gasteiger partial charge in [-0.2, -0.15) is 5.10 Å². The van der Waals surface area contributed by atoms with Gasteiger partial charge in [-0.15, -0.1) is 16.8 Å². The molecule has 2 aromatic heterocycles. The van der Waals surface area contributed by atoms with Gasteiger partial charge in [0.1, 0.15) is 16.5 Å². The molecule has 0 fully saturated rings. The van der Waals surface area contributed by atoms with Crippen molar-refractivity contribution in [2.24, 2.45) is 0 Å². The van der Waals surface area contributed by atoms with Gasteiger partial charge in [-0.3, -0.25) is 0 Å². The monoisotopic (exact) mass is 465 g/mol. The fourth-order valence-corrected chi connectivity index (χ4v) is 4.50. The van der Waals surface area contributed by atoms with Gasteiger partial charge in [0.05, 0.1) is 12.8 Å². The summed E-state index contributed by atoms with van der Waals surface area (Å²) >= 11 is 1.52. The smallest absolute Gasteiger partial charge is 0.206 e. The van der Waals surface area contributed by atoms with E-state index in [2.05, 4.69) is 40.4 Å². The molecule has 7 heteroatoms. The van der Waals surface area contributed by atoms with Crippen LogP contribution in [0.2, 0.25) is 0 Å². The number of hydrogen-bond donors (Lipinski definition) is 1. The van der Waals surface area contributed by atoms with E-state index in [0.717, 1.165) is 49.5 Å². The van der Waals surface area contributed by atoms with Crippen LogP contribution in [-0.2, 0) is 0 Å². The molecule has 6 nitrogen and oxygen atoms in total. The first kappa shape index (κ1) is 21.6. The van der Waals surface area contributed by atoms with Crippen LogP contribution < -0.4 is 10.1 Å². The Hall–Kier alpha value is -4.23. The number of benzene rings is 3. The number of anilines is 1. The molecule has 5 rings (SSSR count). The van der Waals surface area contributed by atoms with Gasteiger partial charge >= 0.3 is 0 Å². The zero-order valence-electron chi connectivity index (χ0n) is 18.7. The summed E-state index contributed by atoms with van der Waals surface area (Å²) in [5, 5.41) is 18.5. The van der Waals surface area contributed by atoms with Crippen molar-refractivity contribution in [1.82, 2.24) is 20.0 Å². The van der Waals surface area contributed by atoms with Crippen LogP contribution in [0.1, 0.15) is 0 Å². The maximum Gasteiger partial charge on any atom is 0.206 e. The molecular weight excluding hydrogens is 442 g/mol. The quantitative estimate of drug-likeness (QED) is 0.271. The van der Waals surface area contributed by atoms with Crippen molar-refractivity contribution in [3.63, 3.8) is 0 Å². The first-order valence-corrected chi connectivity index (χ1v) is 11.7. The van der Waals surface area contributed by atoms with Crippen molar-refractivity contribution < 1.29 is 4.74 Å². The summed E-state index contributed by atoms with van der Waals surface area (Å²) < 4.78 is 7.27. The average molecular weight is 466 g/mol. The summed E-state index contributed by atoms with van der Waals surface area (Å²) in [7, 11) is 1.67. The Labute approximate surface area is 202 Å². The topological polar surface area (TPSA) is 64.9 Å². The molecule has 0 unspecified atom stereocenters. The van der Waals surface area contributed by atoms with Crippen LogP contribution in [0.25, 0.3) is 38.6 Å². The number of ether oxygens (including phenoxy) is 1. The third kappa shape index (κ3) is 4.33. The molecule has 0 amide bonds. The Balaban J connectivity index is 1.65. The first-order chi connectivity index (χ1) is 16.8. The zero-order valence-corrected chi connectivity index (χ0v) is 19.5. The first-order valence-electron chi connectivity index (χ1n) is 10.8. The lowest BCUT2D eigenvalue weighted by molar-refractivity contribution is 0.415. The molecule has 0 radical (unpaired) electrons. The minimum atomic E-state index is 0.641. The lowest BCUT2D eigenvalue weighted by atomic mass is 9.97. The van der Waals surface area contributed by atoms with Crippen molar-refractivity contribution in [3.8, 4) is 44.4 Å². The zero-order chi connectivity index (χ0) is 23.3. The molecule has 3 aromatic carbocycles.